The second kappa shape index (κ2) is 11.0. The van der Waals surface area contributed by atoms with Crippen LogP contribution < -0.4 is 24.8 Å². The fourth-order valence-corrected chi connectivity index (χ4v) is 2.71. The number of halogens is 1. The van der Waals surface area contributed by atoms with Crippen LogP contribution in [0.3, 0.4) is 0 Å². The molecule has 0 heterocycles. The number of nitrogens with one attached hydrogen (secondary N) is 2. The average molecular weight is 389 g/mol. The minimum atomic E-state index is -0.228. The monoisotopic (exact) mass is 389 g/mol. The number of nitrogens with zero attached hydrogens (tertiary/aromatic N) is 1. The topological polar surface area (TPSA) is 64.1 Å². The Bertz CT molecular complexity index is 754. The molecule has 6 nitrogen and oxygen atoms in total. The van der Waals surface area contributed by atoms with Gasteiger partial charge in [-0.1, -0.05) is 12.1 Å². The zero-order valence-electron chi connectivity index (χ0n) is 16.8. The van der Waals surface area contributed by atoms with Gasteiger partial charge in [-0.25, -0.2) is 9.38 Å². The van der Waals surface area contributed by atoms with Crippen LogP contribution in [0.5, 0.6) is 17.2 Å². The van der Waals surface area contributed by atoms with E-state index in [1.165, 1.54) is 12.1 Å². The molecule has 0 aliphatic carbocycles. The molecule has 0 atom stereocenters. The lowest BCUT2D eigenvalue weighted by Gasteiger charge is -2.15. The Labute approximate surface area is 165 Å². The van der Waals surface area contributed by atoms with Gasteiger partial charge in [0.2, 0.25) is 0 Å². The summed E-state index contributed by atoms with van der Waals surface area (Å²) >= 11 is 0. The zero-order chi connectivity index (χ0) is 20.4. The standard InChI is InChI=1S/C21H28FN3O3/c1-5-23-21(24-11-10-15-6-8-16(22)9-7-15)25-14-18-19(27-3)12-17(26-2)13-20(18)28-4/h6-9,12-13H,5,10-11,14H2,1-4H3,(H2,23,24,25). The fourth-order valence-electron chi connectivity index (χ4n) is 2.71. The van der Waals surface area contributed by atoms with Gasteiger partial charge in [0.05, 0.1) is 33.4 Å². The second-order valence-electron chi connectivity index (χ2n) is 6.01. The number of guanidine groups is 1. The second-order valence-corrected chi connectivity index (χ2v) is 6.01. The van der Waals surface area contributed by atoms with Gasteiger partial charge in [-0.3, -0.25) is 0 Å². The maximum atomic E-state index is 13.0. The van der Waals surface area contributed by atoms with Gasteiger partial charge in [0, 0.05) is 25.2 Å². The van der Waals surface area contributed by atoms with Crippen LogP contribution in [0.15, 0.2) is 41.4 Å². The van der Waals surface area contributed by atoms with Gasteiger partial charge in [0.15, 0.2) is 5.96 Å². The molecule has 0 radical (unpaired) electrons. The first-order valence-electron chi connectivity index (χ1n) is 9.16. The van der Waals surface area contributed by atoms with Gasteiger partial charge in [-0.05, 0) is 31.0 Å². The first-order chi connectivity index (χ1) is 13.6. The van der Waals surface area contributed by atoms with E-state index in [9.17, 15) is 4.39 Å². The van der Waals surface area contributed by atoms with Crippen molar-refractivity contribution in [2.75, 3.05) is 34.4 Å². The molecule has 2 N–H and O–H groups in total. The summed E-state index contributed by atoms with van der Waals surface area (Å²) in [6, 6.07) is 10.1. The fraction of sp³-hybridized carbons (Fsp3) is 0.381. The summed E-state index contributed by atoms with van der Waals surface area (Å²) in [7, 11) is 4.81. The quantitative estimate of drug-likeness (QED) is 0.510. The molecule has 152 valence electrons. The predicted octanol–water partition coefficient (Wildman–Crippen LogP) is 3.15. The molecule has 0 amide bonds. The SMILES string of the molecule is CCNC(=NCc1c(OC)cc(OC)cc1OC)NCCc1ccc(F)cc1. The van der Waals surface area contributed by atoms with Crippen molar-refractivity contribution >= 4 is 5.96 Å². The number of methoxy groups -OCH3 is 3. The molecule has 0 fully saturated rings. The third kappa shape index (κ3) is 6.04. The number of aliphatic imine (C=N–C) groups is 1. The maximum Gasteiger partial charge on any atom is 0.191 e. The Balaban J connectivity index is 2.08. The highest BCUT2D eigenvalue weighted by molar-refractivity contribution is 5.79. The van der Waals surface area contributed by atoms with E-state index in [1.54, 1.807) is 33.5 Å². The highest BCUT2D eigenvalue weighted by Gasteiger charge is 2.13. The van der Waals surface area contributed by atoms with Gasteiger partial charge in [0.1, 0.15) is 23.1 Å². The van der Waals surface area contributed by atoms with Crippen LogP contribution in [0.25, 0.3) is 0 Å². The Morgan fingerprint density at radius 2 is 1.61 bits per heavy atom. The zero-order valence-corrected chi connectivity index (χ0v) is 16.8. The van der Waals surface area contributed by atoms with Crippen LogP contribution >= 0.6 is 0 Å². The minimum absolute atomic E-state index is 0.228. The summed E-state index contributed by atoms with van der Waals surface area (Å²) in [6.07, 6.45) is 0.764. The van der Waals surface area contributed by atoms with E-state index in [4.69, 9.17) is 14.2 Å². The lowest BCUT2D eigenvalue weighted by atomic mass is 10.1. The van der Waals surface area contributed by atoms with Gasteiger partial charge in [0.25, 0.3) is 0 Å². The number of rotatable bonds is 9. The van der Waals surface area contributed by atoms with Gasteiger partial charge in [-0.2, -0.15) is 0 Å². The predicted molar refractivity (Wildman–Crippen MR) is 109 cm³/mol. The van der Waals surface area contributed by atoms with Gasteiger partial charge in [-0.15, -0.1) is 0 Å². The molecule has 7 heteroatoms. The van der Waals surface area contributed by atoms with Crippen molar-refractivity contribution in [2.45, 2.75) is 19.9 Å². The Kier molecular flexibility index (Phi) is 8.39. The third-order valence-electron chi connectivity index (χ3n) is 4.18. The first-order valence-corrected chi connectivity index (χ1v) is 9.16. The van der Waals surface area contributed by atoms with E-state index < -0.39 is 0 Å². The van der Waals surface area contributed by atoms with Crippen LogP contribution in [-0.4, -0.2) is 40.4 Å². The molecule has 0 saturated carbocycles. The van der Waals surface area contributed by atoms with E-state index in [0.717, 1.165) is 24.1 Å². The highest BCUT2D eigenvalue weighted by atomic mass is 19.1. The van der Waals surface area contributed by atoms with Crippen LogP contribution in [0.2, 0.25) is 0 Å². The molecule has 2 rings (SSSR count). The summed E-state index contributed by atoms with van der Waals surface area (Å²) < 4.78 is 29.2. The molecule has 0 bridgehead atoms. The smallest absolute Gasteiger partial charge is 0.191 e. The van der Waals surface area contributed by atoms with E-state index in [0.29, 0.717) is 36.3 Å². The molecular formula is C21H28FN3O3. The molecule has 0 aromatic heterocycles. The summed E-state index contributed by atoms with van der Waals surface area (Å²) in [5.41, 5.74) is 1.89. The van der Waals surface area contributed by atoms with Crippen molar-refractivity contribution in [3.8, 4) is 17.2 Å². The number of hydrogen-bond acceptors (Lipinski definition) is 4. The van der Waals surface area contributed by atoms with E-state index >= 15 is 0 Å². The molecular weight excluding hydrogens is 361 g/mol. The maximum absolute atomic E-state index is 13.0. The van der Waals surface area contributed by atoms with Gasteiger partial charge < -0.3 is 24.8 Å². The lowest BCUT2D eigenvalue weighted by Crippen LogP contribution is -2.38. The van der Waals surface area contributed by atoms with Crippen LogP contribution in [0.4, 0.5) is 4.39 Å². The number of hydrogen-bond donors (Lipinski definition) is 2. The van der Waals surface area contributed by atoms with Crippen molar-refractivity contribution in [1.29, 1.82) is 0 Å². The van der Waals surface area contributed by atoms with E-state index in [1.807, 2.05) is 19.1 Å². The molecule has 2 aromatic rings. The summed E-state index contributed by atoms with van der Waals surface area (Å²) in [4.78, 5) is 4.64. The molecule has 0 spiro atoms. The van der Waals surface area contributed by atoms with Crippen LogP contribution in [-0.2, 0) is 13.0 Å². The molecule has 0 aliphatic rings. The number of benzene rings is 2. The largest absolute Gasteiger partial charge is 0.496 e. The molecule has 0 saturated heterocycles. The van der Waals surface area contributed by atoms with Crippen LogP contribution in [0, 0.1) is 5.82 Å². The Morgan fingerprint density at radius 3 is 2.14 bits per heavy atom. The molecule has 2 aromatic carbocycles. The van der Waals surface area contributed by atoms with Crippen LogP contribution in [0.1, 0.15) is 18.1 Å². The Morgan fingerprint density at radius 1 is 0.964 bits per heavy atom. The van der Waals surface area contributed by atoms with Crippen molar-refractivity contribution in [3.05, 3.63) is 53.3 Å². The molecule has 0 aliphatic heterocycles. The average Bonchev–Trinajstić information content (AvgIpc) is 2.72. The van der Waals surface area contributed by atoms with Crippen molar-refractivity contribution in [1.82, 2.24) is 10.6 Å². The summed E-state index contributed by atoms with van der Waals surface area (Å²) in [5, 5.41) is 6.51. The van der Waals surface area contributed by atoms with Crippen molar-refractivity contribution in [3.63, 3.8) is 0 Å². The normalized spacial score (nSPS) is 11.1. The molecule has 0 unspecified atom stereocenters. The number of ether oxygens (including phenoxy) is 3. The highest BCUT2D eigenvalue weighted by Crippen LogP contribution is 2.34. The van der Waals surface area contributed by atoms with Crippen molar-refractivity contribution in [2.24, 2.45) is 4.99 Å². The lowest BCUT2D eigenvalue weighted by molar-refractivity contribution is 0.369. The van der Waals surface area contributed by atoms with E-state index in [2.05, 4.69) is 15.6 Å². The summed E-state index contributed by atoms with van der Waals surface area (Å²) in [6.45, 7) is 3.79. The minimum Gasteiger partial charge on any atom is -0.496 e. The van der Waals surface area contributed by atoms with Gasteiger partial charge >= 0.3 is 0 Å². The van der Waals surface area contributed by atoms with Crippen molar-refractivity contribution < 1.29 is 18.6 Å². The third-order valence-corrected chi connectivity index (χ3v) is 4.18. The Hall–Kier alpha value is -2.96. The van der Waals surface area contributed by atoms with E-state index in [-0.39, 0.29) is 5.82 Å². The first kappa shape index (κ1) is 21.3. The summed E-state index contributed by atoms with van der Waals surface area (Å²) in [5.74, 6) is 2.42. The molecule has 28 heavy (non-hydrogen) atoms.